The number of aryl methyl sites for hydroxylation is 1. The summed E-state index contributed by atoms with van der Waals surface area (Å²) in [5.41, 5.74) is 1.44. The molecule has 8 nitrogen and oxygen atoms in total. The quantitative estimate of drug-likeness (QED) is 0.745. The Morgan fingerprint density at radius 3 is 2.37 bits per heavy atom. The lowest BCUT2D eigenvalue weighted by Crippen LogP contribution is -2.16. The van der Waals surface area contributed by atoms with Gasteiger partial charge in [-0.3, -0.25) is 9.78 Å². The zero-order valence-electron chi connectivity index (χ0n) is 15.9. The van der Waals surface area contributed by atoms with Gasteiger partial charge in [0.25, 0.3) is 5.91 Å². The van der Waals surface area contributed by atoms with E-state index in [0.717, 1.165) is 0 Å². The molecular weight excluding hydrogens is 352 g/mol. The maximum absolute atomic E-state index is 12.8. The highest BCUT2D eigenvalue weighted by Gasteiger charge is 2.21. The summed E-state index contributed by atoms with van der Waals surface area (Å²) in [6.07, 6.45) is 1.40. The number of hydrogen-bond acceptors (Lipinski definition) is 7. The van der Waals surface area contributed by atoms with Gasteiger partial charge in [0, 0.05) is 6.20 Å². The van der Waals surface area contributed by atoms with Crippen LogP contribution < -0.4 is 19.5 Å². The van der Waals surface area contributed by atoms with E-state index in [1.54, 1.807) is 26.0 Å². The number of methoxy groups -OCH3 is 3. The fourth-order valence-electron chi connectivity index (χ4n) is 2.46. The summed E-state index contributed by atoms with van der Waals surface area (Å²) < 4.78 is 20.8. The van der Waals surface area contributed by atoms with Crippen molar-refractivity contribution in [1.82, 2.24) is 4.98 Å². The standard InChI is InChI=1S/C19H22N2O6/c1-6-27-19(23)12-9-14(11(2)20-10-12)21-18(22)13-7-8-15(24-3)17(26-5)16(13)25-4/h7-10H,6H2,1-5H3,(H,21,22). The van der Waals surface area contributed by atoms with Crippen LogP contribution in [0.1, 0.15) is 33.3 Å². The van der Waals surface area contributed by atoms with Crippen LogP contribution in [0.3, 0.4) is 0 Å². The van der Waals surface area contributed by atoms with Gasteiger partial charge in [0.2, 0.25) is 5.75 Å². The van der Waals surface area contributed by atoms with Gasteiger partial charge in [-0.15, -0.1) is 0 Å². The molecule has 0 aliphatic rings. The number of amides is 1. The lowest BCUT2D eigenvalue weighted by molar-refractivity contribution is 0.0525. The summed E-state index contributed by atoms with van der Waals surface area (Å²) >= 11 is 0. The van der Waals surface area contributed by atoms with Crippen molar-refractivity contribution in [3.63, 3.8) is 0 Å². The van der Waals surface area contributed by atoms with E-state index in [2.05, 4.69) is 10.3 Å². The molecule has 144 valence electrons. The summed E-state index contributed by atoms with van der Waals surface area (Å²) in [4.78, 5) is 28.8. The zero-order valence-corrected chi connectivity index (χ0v) is 15.9. The summed E-state index contributed by atoms with van der Waals surface area (Å²) in [5, 5.41) is 2.74. The van der Waals surface area contributed by atoms with Crippen molar-refractivity contribution in [2.45, 2.75) is 13.8 Å². The average Bonchev–Trinajstić information content (AvgIpc) is 2.68. The first kappa shape index (κ1) is 20.0. The largest absolute Gasteiger partial charge is 0.493 e. The van der Waals surface area contributed by atoms with Crippen molar-refractivity contribution in [2.24, 2.45) is 0 Å². The predicted octanol–water partition coefficient (Wildman–Crippen LogP) is 2.84. The van der Waals surface area contributed by atoms with Crippen LogP contribution in [-0.4, -0.2) is 44.8 Å². The Hall–Kier alpha value is -3.29. The van der Waals surface area contributed by atoms with Crippen molar-refractivity contribution >= 4 is 17.6 Å². The molecule has 0 aliphatic carbocycles. The number of anilines is 1. The van der Waals surface area contributed by atoms with Crippen molar-refractivity contribution < 1.29 is 28.5 Å². The highest BCUT2D eigenvalue weighted by atomic mass is 16.5. The van der Waals surface area contributed by atoms with E-state index in [1.165, 1.54) is 33.6 Å². The SMILES string of the molecule is CCOC(=O)c1cnc(C)c(NC(=O)c2ccc(OC)c(OC)c2OC)c1. The first-order chi connectivity index (χ1) is 13.0. The third kappa shape index (κ3) is 4.28. The second-order valence-corrected chi connectivity index (χ2v) is 5.41. The molecule has 8 heteroatoms. The molecule has 0 spiro atoms. The second kappa shape index (κ2) is 8.88. The molecule has 1 heterocycles. The molecule has 1 aromatic heterocycles. The molecule has 0 unspecified atom stereocenters. The Kier molecular flexibility index (Phi) is 6.59. The molecule has 2 aromatic rings. The lowest BCUT2D eigenvalue weighted by Gasteiger charge is -2.16. The maximum Gasteiger partial charge on any atom is 0.339 e. The monoisotopic (exact) mass is 374 g/mol. The van der Waals surface area contributed by atoms with Gasteiger partial charge < -0.3 is 24.3 Å². The van der Waals surface area contributed by atoms with E-state index >= 15 is 0 Å². The molecule has 27 heavy (non-hydrogen) atoms. The molecule has 0 fully saturated rings. The first-order valence-electron chi connectivity index (χ1n) is 8.20. The number of carbonyl (C=O) groups excluding carboxylic acids is 2. The van der Waals surface area contributed by atoms with Crippen LogP contribution >= 0.6 is 0 Å². The number of aromatic nitrogens is 1. The van der Waals surface area contributed by atoms with E-state index in [9.17, 15) is 9.59 Å². The predicted molar refractivity (Wildman–Crippen MR) is 99.0 cm³/mol. The number of benzene rings is 1. The molecule has 2 rings (SSSR count). The minimum atomic E-state index is -0.510. The molecule has 1 amide bonds. The third-order valence-corrected chi connectivity index (χ3v) is 3.80. The Labute approximate surface area is 157 Å². The fraction of sp³-hybridized carbons (Fsp3) is 0.316. The van der Waals surface area contributed by atoms with E-state index in [-0.39, 0.29) is 23.5 Å². The van der Waals surface area contributed by atoms with Gasteiger partial charge in [-0.25, -0.2) is 4.79 Å². The molecule has 0 saturated heterocycles. The minimum absolute atomic E-state index is 0.238. The molecule has 0 radical (unpaired) electrons. The van der Waals surface area contributed by atoms with Crippen LogP contribution in [0.4, 0.5) is 5.69 Å². The lowest BCUT2D eigenvalue weighted by atomic mass is 10.1. The number of esters is 1. The van der Waals surface area contributed by atoms with Gasteiger partial charge >= 0.3 is 5.97 Å². The summed E-state index contributed by atoms with van der Waals surface area (Å²) in [5.74, 6) is 0.0280. The van der Waals surface area contributed by atoms with Crippen LogP contribution in [0, 0.1) is 6.92 Å². The minimum Gasteiger partial charge on any atom is -0.493 e. The van der Waals surface area contributed by atoms with Gasteiger partial charge in [-0.05, 0) is 32.0 Å². The highest BCUT2D eigenvalue weighted by molar-refractivity contribution is 6.07. The topological polar surface area (TPSA) is 96.0 Å². The Morgan fingerprint density at radius 1 is 1.07 bits per heavy atom. The number of rotatable bonds is 7. The molecule has 0 aliphatic heterocycles. The zero-order chi connectivity index (χ0) is 20.0. The second-order valence-electron chi connectivity index (χ2n) is 5.41. The summed E-state index contributed by atoms with van der Waals surface area (Å²) in [7, 11) is 4.38. The highest BCUT2D eigenvalue weighted by Crippen LogP contribution is 2.40. The van der Waals surface area contributed by atoms with Crippen molar-refractivity contribution in [1.29, 1.82) is 0 Å². The van der Waals surface area contributed by atoms with E-state index in [1.807, 2.05) is 0 Å². The van der Waals surface area contributed by atoms with Crippen molar-refractivity contribution in [2.75, 3.05) is 33.3 Å². The Bertz CT molecular complexity index is 850. The fourth-order valence-corrected chi connectivity index (χ4v) is 2.46. The number of hydrogen-bond donors (Lipinski definition) is 1. The van der Waals surface area contributed by atoms with Crippen LogP contribution in [0.25, 0.3) is 0 Å². The van der Waals surface area contributed by atoms with E-state index in [4.69, 9.17) is 18.9 Å². The number of nitrogens with one attached hydrogen (secondary N) is 1. The van der Waals surface area contributed by atoms with Gasteiger partial charge in [0.15, 0.2) is 11.5 Å². The smallest absolute Gasteiger partial charge is 0.339 e. The summed E-state index contributed by atoms with van der Waals surface area (Å²) in [6, 6.07) is 4.69. The van der Waals surface area contributed by atoms with Crippen LogP contribution in [0.5, 0.6) is 17.2 Å². The number of carbonyl (C=O) groups is 2. The molecule has 0 atom stereocenters. The normalized spacial score (nSPS) is 10.1. The van der Waals surface area contributed by atoms with Crippen molar-refractivity contribution in [3.8, 4) is 17.2 Å². The first-order valence-corrected chi connectivity index (χ1v) is 8.20. The van der Waals surface area contributed by atoms with Gasteiger partial charge in [0.05, 0.1) is 50.4 Å². The summed E-state index contributed by atoms with van der Waals surface area (Å²) in [6.45, 7) is 3.68. The molecular formula is C19H22N2O6. The average molecular weight is 374 g/mol. The van der Waals surface area contributed by atoms with Gasteiger partial charge in [-0.2, -0.15) is 0 Å². The van der Waals surface area contributed by atoms with Crippen LogP contribution in [0.15, 0.2) is 24.4 Å². The molecule has 1 aromatic carbocycles. The Balaban J connectivity index is 2.38. The van der Waals surface area contributed by atoms with Crippen LogP contribution in [-0.2, 0) is 4.74 Å². The van der Waals surface area contributed by atoms with Crippen molar-refractivity contribution in [3.05, 3.63) is 41.2 Å². The maximum atomic E-state index is 12.8. The molecule has 0 saturated carbocycles. The van der Waals surface area contributed by atoms with E-state index < -0.39 is 11.9 Å². The molecule has 0 bridgehead atoms. The van der Waals surface area contributed by atoms with Gasteiger partial charge in [-0.1, -0.05) is 0 Å². The van der Waals surface area contributed by atoms with Crippen LogP contribution in [0.2, 0.25) is 0 Å². The Morgan fingerprint density at radius 2 is 1.78 bits per heavy atom. The molecule has 1 N–H and O–H groups in total. The van der Waals surface area contributed by atoms with Gasteiger partial charge in [0.1, 0.15) is 0 Å². The number of nitrogens with zero attached hydrogens (tertiary/aromatic N) is 1. The number of pyridine rings is 1. The third-order valence-electron chi connectivity index (χ3n) is 3.80. The number of ether oxygens (including phenoxy) is 4. The van der Waals surface area contributed by atoms with E-state index in [0.29, 0.717) is 22.9 Å².